The number of benzene rings is 2. The maximum atomic E-state index is 13.1. The van der Waals surface area contributed by atoms with E-state index in [9.17, 15) is 18.8 Å². The molecule has 0 radical (unpaired) electrons. The van der Waals surface area contributed by atoms with E-state index in [2.05, 4.69) is 5.32 Å². The SMILES string of the molecule is COc1ccc(C)cc1NC(=O)N1CCC(N2CCN(Cc3ccc(F)cc3)C(=O)C2=O)CC1. The van der Waals surface area contributed by atoms with Crippen LogP contribution in [0.3, 0.4) is 0 Å². The molecule has 0 saturated carbocycles. The largest absolute Gasteiger partial charge is 0.495 e. The maximum Gasteiger partial charge on any atom is 0.321 e. The molecule has 0 spiro atoms. The second-order valence-electron chi connectivity index (χ2n) is 8.70. The number of halogens is 1. The number of nitrogens with one attached hydrogen (secondary N) is 1. The van der Waals surface area contributed by atoms with Gasteiger partial charge in [-0.25, -0.2) is 9.18 Å². The lowest BCUT2D eigenvalue weighted by Crippen LogP contribution is -2.59. The highest BCUT2D eigenvalue weighted by molar-refractivity contribution is 6.35. The first-order valence-corrected chi connectivity index (χ1v) is 11.4. The number of nitrogens with zero attached hydrogens (tertiary/aromatic N) is 3. The van der Waals surface area contributed by atoms with Crippen molar-refractivity contribution in [1.82, 2.24) is 14.7 Å². The fourth-order valence-electron chi connectivity index (χ4n) is 4.49. The number of rotatable bonds is 5. The van der Waals surface area contributed by atoms with Crippen LogP contribution in [0, 0.1) is 12.7 Å². The highest BCUT2D eigenvalue weighted by Gasteiger charge is 2.38. The average Bonchev–Trinajstić information content (AvgIpc) is 2.84. The predicted octanol–water partition coefficient (Wildman–Crippen LogP) is 3.01. The third-order valence-electron chi connectivity index (χ3n) is 6.42. The summed E-state index contributed by atoms with van der Waals surface area (Å²) in [6.07, 6.45) is 1.21. The first-order chi connectivity index (χ1) is 16.4. The molecule has 2 aromatic rings. The van der Waals surface area contributed by atoms with E-state index in [1.54, 1.807) is 29.0 Å². The molecule has 34 heavy (non-hydrogen) atoms. The zero-order valence-corrected chi connectivity index (χ0v) is 19.4. The second kappa shape index (κ2) is 10.1. The number of carbonyl (C=O) groups excluding carboxylic acids is 3. The van der Waals surface area contributed by atoms with Crippen LogP contribution in [0.4, 0.5) is 14.9 Å². The Morgan fingerprint density at radius 3 is 2.41 bits per heavy atom. The van der Waals surface area contributed by atoms with Crippen molar-refractivity contribution in [1.29, 1.82) is 0 Å². The molecule has 0 aromatic heterocycles. The van der Waals surface area contributed by atoms with Gasteiger partial charge in [0.15, 0.2) is 0 Å². The van der Waals surface area contributed by atoms with Gasteiger partial charge in [0.1, 0.15) is 11.6 Å². The summed E-state index contributed by atoms with van der Waals surface area (Å²) in [5, 5.41) is 2.91. The van der Waals surface area contributed by atoms with Gasteiger partial charge in [0.05, 0.1) is 12.8 Å². The summed E-state index contributed by atoms with van der Waals surface area (Å²) in [5.74, 6) is -0.798. The number of ether oxygens (including phenoxy) is 1. The summed E-state index contributed by atoms with van der Waals surface area (Å²) in [6.45, 7) is 4.07. The number of piperidine rings is 1. The van der Waals surface area contributed by atoms with Crippen LogP contribution in [0.15, 0.2) is 42.5 Å². The molecule has 2 aliphatic rings. The van der Waals surface area contributed by atoms with Crippen molar-refractivity contribution in [3.8, 4) is 5.75 Å². The molecule has 4 amide bonds. The number of anilines is 1. The van der Waals surface area contributed by atoms with Crippen LogP contribution < -0.4 is 10.1 Å². The van der Waals surface area contributed by atoms with Crippen LogP contribution in [-0.4, -0.2) is 71.9 Å². The number of aryl methyl sites for hydroxylation is 1. The highest BCUT2D eigenvalue weighted by atomic mass is 19.1. The summed E-state index contributed by atoms with van der Waals surface area (Å²) in [7, 11) is 1.56. The monoisotopic (exact) mass is 468 g/mol. The number of piperazine rings is 1. The Labute approximate surface area is 198 Å². The lowest BCUT2D eigenvalue weighted by molar-refractivity contribution is -0.158. The minimum absolute atomic E-state index is 0.0815. The van der Waals surface area contributed by atoms with Gasteiger partial charge in [0, 0.05) is 38.8 Å². The molecular formula is C25H29FN4O4. The molecule has 0 aliphatic carbocycles. The molecule has 2 aliphatic heterocycles. The average molecular weight is 469 g/mol. The predicted molar refractivity (Wildman–Crippen MR) is 125 cm³/mol. The van der Waals surface area contributed by atoms with Gasteiger partial charge in [-0.2, -0.15) is 0 Å². The van der Waals surface area contributed by atoms with Crippen LogP contribution in [-0.2, 0) is 16.1 Å². The molecule has 2 aromatic carbocycles. The number of carbonyl (C=O) groups is 3. The van der Waals surface area contributed by atoms with Crippen molar-refractivity contribution in [2.75, 3.05) is 38.6 Å². The van der Waals surface area contributed by atoms with E-state index in [0.29, 0.717) is 50.5 Å². The number of urea groups is 1. The Balaban J connectivity index is 1.30. The topological polar surface area (TPSA) is 82.2 Å². The van der Waals surface area contributed by atoms with E-state index in [1.165, 1.54) is 17.0 Å². The molecule has 4 rings (SSSR count). The Hall–Kier alpha value is -3.62. The van der Waals surface area contributed by atoms with E-state index >= 15 is 0 Å². The van der Waals surface area contributed by atoms with Crippen LogP contribution in [0.1, 0.15) is 24.0 Å². The van der Waals surface area contributed by atoms with Gasteiger partial charge in [-0.05, 0) is 55.2 Å². The molecule has 2 heterocycles. The zero-order chi connectivity index (χ0) is 24.2. The number of hydrogen-bond acceptors (Lipinski definition) is 4. The van der Waals surface area contributed by atoms with Crippen molar-refractivity contribution in [2.45, 2.75) is 32.4 Å². The van der Waals surface area contributed by atoms with Crippen molar-refractivity contribution in [2.24, 2.45) is 0 Å². The number of likely N-dealkylation sites (tertiary alicyclic amines) is 1. The van der Waals surface area contributed by atoms with Gasteiger partial charge in [-0.1, -0.05) is 18.2 Å². The molecule has 1 N–H and O–H groups in total. The first kappa shape index (κ1) is 23.5. The van der Waals surface area contributed by atoms with Gasteiger partial charge in [-0.15, -0.1) is 0 Å². The van der Waals surface area contributed by atoms with Crippen LogP contribution in [0.5, 0.6) is 5.75 Å². The molecule has 0 bridgehead atoms. The van der Waals surface area contributed by atoms with Crippen LogP contribution in [0.25, 0.3) is 0 Å². The molecule has 9 heteroatoms. The van der Waals surface area contributed by atoms with Crippen molar-refractivity contribution >= 4 is 23.5 Å². The molecule has 180 valence electrons. The molecule has 2 saturated heterocycles. The standard InChI is InChI=1S/C25H29FN4O4/c1-17-3-8-22(34-2)21(15-17)27-25(33)28-11-9-20(10-12-28)30-14-13-29(23(31)24(30)32)16-18-4-6-19(26)7-5-18/h3-8,15,20H,9-14,16H2,1-2H3,(H,27,33). The minimum atomic E-state index is -0.540. The zero-order valence-electron chi connectivity index (χ0n) is 19.4. The fraction of sp³-hybridized carbons (Fsp3) is 0.400. The molecular weight excluding hydrogens is 439 g/mol. The molecule has 0 unspecified atom stereocenters. The van der Waals surface area contributed by atoms with Crippen molar-refractivity contribution < 1.29 is 23.5 Å². The summed E-state index contributed by atoms with van der Waals surface area (Å²) in [4.78, 5) is 43.1. The number of methoxy groups -OCH3 is 1. The van der Waals surface area contributed by atoms with Crippen LogP contribution >= 0.6 is 0 Å². The lowest BCUT2D eigenvalue weighted by atomic mass is 10.0. The van der Waals surface area contributed by atoms with Crippen molar-refractivity contribution in [3.63, 3.8) is 0 Å². The van der Waals surface area contributed by atoms with Crippen molar-refractivity contribution in [3.05, 3.63) is 59.4 Å². The highest BCUT2D eigenvalue weighted by Crippen LogP contribution is 2.26. The fourth-order valence-corrected chi connectivity index (χ4v) is 4.49. The van der Waals surface area contributed by atoms with Gasteiger partial charge >= 0.3 is 17.8 Å². The van der Waals surface area contributed by atoms with E-state index in [0.717, 1.165) is 11.1 Å². The third kappa shape index (κ3) is 5.13. The first-order valence-electron chi connectivity index (χ1n) is 11.4. The molecule has 0 atom stereocenters. The summed E-state index contributed by atoms with van der Waals surface area (Å²) >= 11 is 0. The Bertz CT molecular complexity index is 1070. The maximum absolute atomic E-state index is 13.1. The Morgan fingerprint density at radius 2 is 1.74 bits per heavy atom. The summed E-state index contributed by atoms with van der Waals surface area (Å²) in [5.41, 5.74) is 2.41. The van der Waals surface area contributed by atoms with E-state index in [1.807, 2.05) is 25.1 Å². The number of amides is 4. The molecule has 2 fully saturated rings. The summed E-state index contributed by atoms with van der Waals surface area (Å²) < 4.78 is 18.5. The van der Waals surface area contributed by atoms with E-state index in [-0.39, 0.29) is 24.4 Å². The quantitative estimate of drug-likeness (QED) is 0.684. The minimum Gasteiger partial charge on any atom is -0.495 e. The second-order valence-corrected chi connectivity index (χ2v) is 8.70. The van der Waals surface area contributed by atoms with Crippen LogP contribution in [0.2, 0.25) is 0 Å². The Kier molecular flexibility index (Phi) is 7.00. The van der Waals surface area contributed by atoms with Gasteiger partial charge < -0.3 is 24.8 Å². The molecule has 8 nitrogen and oxygen atoms in total. The van der Waals surface area contributed by atoms with Gasteiger partial charge in [-0.3, -0.25) is 9.59 Å². The number of hydrogen-bond donors (Lipinski definition) is 1. The summed E-state index contributed by atoms with van der Waals surface area (Å²) in [6, 6.07) is 11.2. The third-order valence-corrected chi connectivity index (χ3v) is 6.42. The Morgan fingerprint density at radius 1 is 1.03 bits per heavy atom. The normalized spacial score (nSPS) is 17.2. The van der Waals surface area contributed by atoms with Gasteiger partial charge in [0.25, 0.3) is 0 Å². The smallest absolute Gasteiger partial charge is 0.321 e. The van der Waals surface area contributed by atoms with E-state index in [4.69, 9.17) is 4.74 Å². The van der Waals surface area contributed by atoms with E-state index < -0.39 is 11.8 Å². The lowest BCUT2D eigenvalue weighted by Gasteiger charge is -2.42. The van der Waals surface area contributed by atoms with Gasteiger partial charge in [0.2, 0.25) is 0 Å².